The molecule has 0 spiro atoms. The number of carbonyl (C=O) groups is 1. The largest absolute Gasteiger partial charge is 0.339 e. The minimum atomic E-state index is -3.25. The van der Waals surface area contributed by atoms with E-state index in [1.54, 1.807) is 24.3 Å². The Morgan fingerprint density at radius 1 is 0.926 bits per heavy atom. The summed E-state index contributed by atoms with van der Waals surface area (Å²) in [5, 5.41) is 3.20. The third-order valence-electron chi connectivity index (χ3n) is 6.48. The lowest BCUT2D eigenvalue weighted by molar-refractivity contribution is 0.0758. The van der Waals surface area contributed by atoms with Gasteiger partial charge in [0.05, 0.1) is 10.1 Å². The van der Waals surface area contributed by atoms with Crippen molar-refractivity contribution in [2.24, 2.45) is 11.8 Å². The highest BCUT2D eigenvalue weighted by Gasteiger charge is 2.32. The molecule has 1 N–H and O–H groups in total. The number of hydrogen-bond donors (Lipinski definition) is 1. The summed E-state index contributed by atoms with van der Waals surface area (Å²) in [4.78, 5) is 15.2. The Morgan fingerprint density at radius 3 is 2.04 bits per heavy atom. The third kappa shape index (κ3) is 4.17. The molecule has 3 aliphatic rings. The summed E-state index contributed by atoms with van der Waals surface area (Å²) < 4.78 is 25.3. The molecule has 2 aliphatic heterocycles. The lowest BCUT2D eigenvalue weighted by atomic mass is 9.92. The van der Waals surface area contributed by atoms with Gasteiger partial charge in [-0.3, -0.25) is 4.79 Å². The normalized spacial score (nSPS) is 26.3. The van der Waals surface area contributed by atoms with Gasteiger partial charge in [-0.15, -0.1) is 12.4 Å². The van der Waals surface area contributed by atoms with Crippen molar-refractivity contribution in [2.75, 3.05) is 26.2 Å². The number of benzene rings is 1. The number of amides is 1. The Balaban J connectivity index is 0.00000210. The lowest BCUT2D eigenvalue weighted by Crippen LogP contribution is -2.32. The second-order valence-corrected chi connectivity index (χ2v) is 10.3. The van der Waals surface area contributed by atoms with E-state index in [2.05, 4.69) is 5.32 Å². The average molecular weight is 413 g/mol. The first kappa shape index (κ1) is 20.6. The van der Waals surface area contributed by atoms with E-state index in [1.165, 1.54) is 0 Å². The summed E-state index contributed by atoms with van der Waals surface area (Å²) in [6.45, 7) is 3.73. The van der Waals surface area contributed by atoms with Crippen LogP contribution in [0.3, 0.4) is 0 Å². The van der Waals surface area contributed by atoms with Crippen molar-refractivity contribution in [1.29, 1.82) is 0 Å². The van der Waals surface area contributed by atoms with E-state index in [4.69, 9.17) is 0 Å². The molecular formula is C20H29ClN2O3S. The summed E-state index contributed by atoms with van der Waals surface area (Å²) in [7, 11) is -3.25. The van der Waals surface area contributed by atoms with Crippen LogP contribution in [0, 0.1) is 11.8 Å². The molecule has 1 aliphatic carbocycles. The minimum Gasteiger partial charge on any atom is -0.339 e. The zero-order valence-electron chi connectivity index (χ0n) is 15.6. The minimum absolute atomic E-state index is 0. The fourth-order valence-electron chi connectivity index (χ4n) is 4.78. The maximum absolute atomic E-state index is 12.9. The Morgan fingerprint density at radius 2 is 1.48 bits per heavy atom. The standard InChI is InChI=1S/C20H28N2O3S.ClH/c23-20(22-11-9-16-13-21-14-17(16)10-12-22)15-5-7-19(8-6-15)26(24,25)18-3-1-2-4-18;/h5-8,16-18,21H,1-4,9-14H2;1H/t16-,17+;. The molecule has 0 aromatic heterocycles. The molecule has 2 saturated heterocycles. The van der Waals surface area contributed by atoms with Crippen LogP contribution in [-0.4, -0.2) is 50.7 Å². The second kappa shape index (κ2) is 8.50. The second-order valence-electron chi connectivity index (χ2n) is 8.02. The van der Waals surface area contributed by atoms with E-state index in [0.717, 1.165) is 64.7 Å². The Kier molecular flexibility index (Phi) is 6.49. The lowest BCUT2D eigenvalue weighted by Gasteiger charge is -2.21. The molecule has 1 amide bonds. The van der Waals surface area contributed by atoms with Crippen LogP contribution in [0.1, 0.15) is 48.9 Å². The highest BCUT2D eigenvalue weighted by Crippen LogP contribution is 2.30. The van der Waals surface area contributed by atoms with Gasteiger partial charge in [0.15, 0.2) is 9.84 Å². The molecule has 4 rings (SSSR count). The fraction of sp³-hybridized carbons (Fsp3) is 0.650. The van der Waals surface area contributed by atoms with Crippen molar-refractivity contribution in [1.82, 2.24) is 10.2 Å². The van der Waals surface area contributed by atoms with Gasteiger partial charge in [0.2, 0.25) is 0 Å². The predicted molar refractivity (Wildman–Crippen MR) is 108 cm³/mol. The first-order valence-electron chi connectivity index (χ1n) is 9.89. The Hall–Kier alpha value is -1.11. The molecule has 0 unspecified atom stereocenters. The number of hydrogen-bond acceptors (Lipinski definition) is 4. The molecule has 5 nitrogen and oxygen atoms in total. The number of fused-ring (bicyclic) bond motifs is 1. The van der Waals surface area contributed by atoms with Gasteiger partial charge >= 0.3 is 0 Å². The molecule has 3 fully saturated rings. The third-order valence-corrected chi connectivity index (χ3v) is 8.76. The van der Waals surface area contributed by atoms with Crippen molar-refractivity contribution >= 4 is 28.2 Å². The maximum atomic E-state index is 12.9. The molecule has 7 heteroatoms. The molecular weight excluding hydrogens is 384 g/mol. The molecule has 1 saturated carbocycles. The van der Waals surface area contributed by atoms with Crippen molar-refractivity contribution < 1.29 is 13.2 Å². The maximum Gasteiger partial charge on any atom is 0.253 e. The number of rotatable bonds is 3. The molecule has 27 heavy (non-hydrogen) atoms. The van der Waals surface area contributed by atoms with Gasteiger partial charge in [-0.25, -0.2) is 8.42 Å². The van der Waals surface area contributed by atoms with Crippen molar-refractivity contribution in [3.63, 3.8) is 0 Å². The van der Waals surface area contributed by atoms with Gasteiger partial charge in [-0.1, -0.05) is 12.8 Å². The average Bonchev–Trinajstić information content (AvgIpc) is 3.31. The first-order valence-corrected chi connectivity index (χ1v) is 11.4. The van der Waals surface area contributed by atoms with E-state index in [1.807, 2.05) is 4.90 Å². The number of sulfone groups is 1. The van der Waals surface area contributed by atoms with Crippen LogP contribution >= 0.6 is 12.4 Å². The van der Waals surface area contributed by atoms with Gasteiger partial charge in [0, 0.05) is 18.7 Å². The summed E-state index contributed by atoms with van der Waals surface area (Å²) in [6, 6.07) is 6.63. The SMILES string of the molecule is Cl.O=C(c1ccc(S(=O)(=O)C2CCCC2)cc1)N1CC[C@@H]2CNC[C@@H]2CC1. The summed E-state index contributed by atoms with van der Waals surface area (Å²) in [5.41, 5.74) is 0.598. The number of nitrogens with one attached hydrogen (secondary N) is 1. The molecule has 1 aromatic rings. The van der Waals surface area contributed by atoms with Crippen molar-refractivity contribution in [3.05, 3.63) is 29.8 Å². The van der Waals surface area contributed by atoms with E-state index in [-0.39, 0.29) is 23.6 Å². The van der Waals surface area contributed by atoms with Crippen molar-refractivity contribution in [2.45, 2.75) is 48.7 Å². The van der Waals surface area contributed by atoms with Gasteiger partial charge < -0.3 is 10.2 Å². The van der Waals surface area contributed by atoms with E-state index in [9.17, 15) is 13.2 Å². The molecule has 2 heterocycles. The predicted octanol–water partition coefficient (Wildman–Crippen LogP) is 2.90. The van der Waals surface area contributed by atoms with Crippen molar-refractivity contribution in [3.8, 4) is 0 Å². The van der Waals surface area contributed by atoms with Crippen LogP contribution in [0.4, 0.5) is 0 Å². The van der Waals surface area contributed by atoms with Crippen LogP contribution in [0.25, 0.3) is 0 Å². The van der Waals surface area contributed by atoms with Gasteiger partial charge in [-0.05, 0) is 74.9 Å². The van der Waals surface area contributed by atoms with Gasteiger partial charge in [0.1, 0.15) is 0 Å². The molecule has 0 bridgehead atoms. The quantitative estimate of drug-likeness (QED) is 0.828. The molecule has 0 radical (unpaired) electrons. The first-order chi connectivity index (χ1) is 12.6. The highest BCUT2D eigenvalue weighted by molar-refractivity contribution is 7.92. The van der Waals surface area contributed by atoms with E-state index in [0.29, 0.717) is 22.3 Å². The molecule has 150 valence electrons. The van der Waals surface area contributed by atoms with Crippen LogP contribution in [-0.2, 0) is 9.84 Å². The smallest absolute Gasteiger partial charge is 0.253 e. The van der Waals surface area contributed by atoms with E-state index >= 15 is 0 Å². The topological polar surface area (TPSA) is 66.5 Å². The summed E-state index contributed by atoms with van der Waals surface area (Å²) >= 11 is 0. The van der Waals surface area contributed by atoms with Crippen LogP contribution < -0.4 is 5.32 Å². The van der Waals surface area contributed by atoms with E-state index < -0.39 is 9.84 Å². The van der Waals surface area contributed by atoms with Crippen LogP contribution in [0.2, 0.25) is 0 Å². The van der Waals surface area contributed by atoms with Gasteiger partial charge in [-0.2, -0.15) is 0 Å². The van der Waals surface area contributed by atoms with Crippen LogP contribution in [0.15, 0.2) is 29.2 Å². The number of likely N-dealkylation sites (tertiary alicyclic amines) is 1. The Labute approximate surface area is 168 Å². The molecule has 1 aromatic carbocycles. The monoisotopic (exact) mass is 412 g/mol. The number of nitrogens with zero attached hydrogens (tertiary/aromatic N) is 1. The van der Waals surface area contributed by atoms with Crippen LogP contribution in [0.5, 0.6) is 0 Å². The highest BCUT2D eigenvalue weighted by atomic mass is 35.5. The fourth-order valence-corrected chi connectivity index (χ4v) is 6.64. The zero-order chi connectivity index (χ0) is 18.1. The molecule has 2 atom stereocenters. The Bertz CT molecular complexity index is 746. The summed E-state index contributed by atoms with van der Waals surface area (Å²) in [6.07, 6.45) is 5.61. The summed E-state index contributed by atoms with van der Waals surface area (Å²) in [5.74, 6) is 1.40. The number of halogens is 1. The zero-order valence-corrected chi connectivity index (χ0v) is 17.2. The van der Waals surface area contributed by atoms with Gasteiger partial charge in [0.25, 0.3) is 5.91 Å². The number of carbonyl (C=O) groups excluding carboxylic acids is 1.